The lowest BCUT2D eigenvalue weighted by Crippen LogP contribution is -2.34. The van der Waals surface area contributed by atoms with Gasteiger partial charge in [-0.1, -0.05) is 0 Å². The highest BCUT2D eigenvalue weighted by Crippen LogP contribution is 2.33. The normalized spacial score (nSPS) is 12.4. The predicted octanol–water partition coefficient (Wildman–Crippen LogP) is 5.24. The molecule has 0 aliphatic rings. The van der Waals surface area contributed by atoms with Crippen LogP contribution in [-0.4, -0.2) is 10.9 Å². The number of hydrogen-bond donors (Lipinski definition) is 2. The second kappa shape index (κ2) is 6.16. The van der Waals surface area contributed by atoms with E-state index in [1.165, 1.54) is 24.3 Å². The summed E-state index contributed by atoms with van der Waals surface area (Å²) < 4.78 is 51.4. The number of rotatable bonds is 3. The van der Waals surface area contributed by atoms with Gasteiger partial charge in [0.1, 0.15) is 5.82 Å². The minimum Gasteiger partial charge on any atom is -0.361 e. The minimum atomic E-state index is -4.43. The zero-order valence-corrected chi connectivity index (χ0v) is 14.0. The van der Waals surface area contributed by atoms with Crippen LogP contribution in [0.3, 0.4) is 0 Å². The number of H-pyrrole nitrogens is 1. The molecule has 0 fully saturated rings. The molecule has 1 heterocycles. The number of benzene rings is 2. The van der Waals surface area contributed by atoms with Gasteiger partial charge in [0, 0.05) is 22.8 Å². The molecule has 2 N–H and O–H groups in total. The summed E-state index contributed by atoms with van der Waals surface area (Å²) in [4.78, 5) is 15.7. The van der Waals surface area contributed by atoms with Crippen molar-refractivity contribution in [2.45, 2.75) is 25.4 Å². The summed E-state index contributed by atoms with van der Waals surface area (Å²) in [6, 6.07) is 8.45. The molecule has 3 rings (SSSR count). The maximum Gasteiger partial charge on any atom is 0.416 e. The molecule has 7 heteroatoms. The number of aromatic nitrogens is 1. The summed E-state index contributed by atoms with van der Waals surface area (Å²) in [6.45, 7) is 3.33. The fourth-order valence-corrected chi connectivity index (χ4v) is 2.76. The number of hydrogen-bond acceptors (Lipinski definition) is 1. The smallest absolute Gasteiger partial charge is 0.361 e. The molecule has 0 aliphatic heterocycles. The van der Waals surface area contributed by atoms with Gasteiger partial charge < -0.3 is 10.3 Å². The van der Waals surface area contributed by atoms with E-state index in [4.69, 9.17) is 0 Å². The fourth-order valence-electron chi connectivity index (χ4n) is 2.76. The number of carbonyl (C=O) groups is 1. The van der Waals surface area contributed by atoms with Crippen molar-refractivity contribution in [3.05, 3.63) is 65.6 Å². The molecule has 1 aromatic heterocycles. The van der Waals surface area contributed by atoms with E-state index in [0.29, 0.717) is 16.5 Å². The van der Waals surface area contributed by atoms with Gasteiger partial charge in [0.05, 0.1) is 11.0 Å². The molecule has 0 spiro atoms. The third-order valence-corrected chi connectivity index (χ3v) is 4.35. The molecule has 0 saturated heterocycles. The van der Waals surface area contributed by atoms with Crippen LogP contribution < -0.4 is 5.32 Å². The molecule has 26 heavy (non-hydrogen) atoms. The standard InChI is InChI=1S/C19H16F4N2O/c1-18(2,15-10-24-16-8-5-12(20)9-14(15)16)17(26)25-13-6-3-11(4-7-13)19(21,22)23/h3-10,24H,1-2H3,(H,25,26). The molecule has 0 atom stereocenters. The van der Waals surface area contributed by atoms with Crippen LogP contribution in [0.4, 0.5) is 23.2 Å². The maximum atomic E-state index is 13.6. The Balaban J connectivity index is 1.87. The quantitative estimate of drug-likeness (QED) is 0.613. The first kappa shape index (κ1) is 18.0. The average molecular weight is 364 g/mol. The Kier molecular flexibility index (Phi) is 4.26. The van der Waals surface area contributed by atoms with Gasteiger partial charge in [-0.2, -0.15) is 13.2 Å². The van der Waals surface area contributed by atoms with Crippen LogP contribution in [0.1, 0.15) is 25.0 Å². The number of amides is 1. The van der Waals surface area contributed by atoms with Crippen molar-refractivity contribution >= 4 is 22.5 Å². The van der Waals surface area contributed by atoms with Gasteiger partial charge in [-0.25, -0.2) is 4.39 Å². The van der Waals surface area contributed by atoms with Crippen molar-refractivity contribution in [3.63, 3.8) is 0 Å². The molecule has 0 bridgehead atoms. The van der Waals surface area contributed by atoms with E-state index in [2.05, 4.69) is 10.3 Å². The van der Waals surface area contributed by atoms with E-state index in [0.717, 1.165) is 12.1 Å². The van der Waals surface area contributed by atoms with E-state index >= 15 is 0 Å². The highest BCUT2D eigenvalue weighted by molar-refractivity contribution is 6.01. The van der Waals surface area contributed by atoms with Crippen molar-refractivity contribution in [3.8, 4) is 0 Å². The number of carbonyl (C=O) groups excluding carboxylic acids is 1. The average Bonchev–Trinajstić information content (AvgIpc) is 2.98. The fraction of sp³-hybridized carbons (Fsp3) is 0.211. The summed E-state index contributed by atoms with van der Waals surface area (Å²) in [6.07, 6.45) is -2.80. The van der Waals surface area contributed by atoms with E-state index in [1.54, 1.807) is 26.1 Å². The van der Waals surface area contributed by atoms with Gasteiger partial charge in [0.15, 0.2) is 0 Å². The third-order valence-electron chi connectivity index (χ3n) is 4.35. The van der Waals surface area contributed by atoms with Crippen LogP contribution in [0, 0.1) is 5.82 Å². The Bertz CT molecular complexity index is 956. The lowest BCUT2D eigenvalue weighted by atomic mass is 9.83. The van der Waals surface area contributed by atoms with Crippen LogP contribution in [0.5, 0.6) is 0 Å². The summed E-state index contributed by atoms with van der Waals surface area (Å²) in [5.74, 6) is -0.834. The van der Waals surface area contributed by atoms with Crippen molar-refractivity contribution in [1.29, 1.82) is 0 Å². The zero-order chi connectivity index (χ0) is 19.1. The predicted molar refractivity (Wildman–Crippen MR) is 91.4 cm³/mol. The second-order valence-electron chi connectivity index (χ2n) is 6.55. The monoisotopic (exact) mass is 364 g/mol. The topological polar surface area (TPSA) is 44.9 Å². The van der Waals surface area contributed by atoms with Crippen LogP contribution in [0.15, 0.2) is 48.7 Å². The Morgan fingerprint density at radius 1 is 1.04 bits per heavy atom. The van der Waals surface area contributed by atoms with Crippen molar-refractivity contribution in [1.82, 2.24) is 4.98 Å². The molecule has 136 valence electrons. The van der Waals surface area contributed by atoms with Gasteiger partial charge >= 0.3 is 6.18 Å². The maximum absolute atomic E-state index is 13.6. The zero-order valence-electron chi connectivity index (χ0n) is 14.0. The van der Waals surface area contributed by atoms with Crippen LogP contribution in [0.25, 0.3) is 10.9 Å². The SMILES string of the molecule is CC(C)(C(=O)Nc1ccc(C(F)(F)F)cc1)c1c[nH]c2ccc(F)cc12. The van der Waals surface area contributed by atoms with Crippen molar-refractivity contribution in [2.24, 2.45) is 0 Å². The number of fused-ring (bicyclic) bond motifs is 1. The lowest BCUT2D eigenvalue weighted by molar-refractivity contribution is -0.137. The Hall–Kier alpha value is -2.83. The van der Waals surface area contributed by atoms with Crippen LogP contribution in [0.2, 0.25) is 0 Å². The lowest BCUT2D eigenvalue weighted by Gasteiger charge is -2.23. The van der Waals surface area contributed by atoms with Gasteiger partial charge in [-0.3, -0.25) is 4.79 Å². The van der Waals surface area contributed by atoms with Crippen molar-refractivity contribution in [2.75, 3.05) is 5.32 Å². The number of nitrogens with one attached hydrogen (secondary N) is 2. The van der Waals surface area contributed by atoms with Crippen LogP contribution in [-0.2, 0) is 16.4 Å². The van der Waals surface area contributed by atoms with E-state index in [9.17, 15) is 22.4 Å². The van der Waals surface area contributed by atoms with Crippen molar-refractivity contribution < 1.29 is 22.4 Å². The highest BCUT2D eigenvalue weighted by atomic mass is 19.4. The summed E-state index contributed by atoms with van der Waals surface area (Å²) in [7, 11) is 0. The van der Waals surface area contributed by atoms with Gasteiger partial charge in [0.2, 0.25) is 5.91 Å². The first-order chi connectivity index (χ1) is 12.1. The summed E-state index contributed by atoms with van der Waals surface area (Å²) >= 11 is 0. The van der Waals surface area contributed by atoms with Crippen LogP contribution >= 0.6 is 0 Å². The molecule has 0 saturated carbocycles. The molecule has 0 aliphatic carbocycles. The number of anilines is 1. The molecule has 1 amide bonds. The van der Waals surface area contributed by atoms with E-state index < -0.39 is 28.9 Å². The summed E-state index contributed by atoms with van der Waals surface area (Å²) in [5.41, 5.74) is -0.286. The van der Waals surface area contributed by atoms with Gasteiger partial charge in [-0.05, 0) is 61.9 Å². The number of alkyl halides is 3. The second-order valence-corrected chi connectivity index (χ2v) is 6.55. The first-order valence-corrected chi connectivity index (χ1v) is 7.85. The Morgan fingerprint density at radius 3 is 2.31 bits per heavy atom. The van der Waals surface area contributed by atoms with E-state index in [1.807, 2.05) is 0 Å². The number of aromatic amines is 1. The Labute approximate surface area is 147 Å². The highest BCUT2D eigenvalue weighted by Gasteiger charge is 2.33. The molecular formula is C19H16F4N2O. The van der Waals surface area contributed by atoms with Gasteiger partial charge in [0.25, 0.3) is 0 Å². The Morgan fingerprint density at radius 2 is 1.69 bits per heavy atom. The first-order valence-electron chi connectivity index (χ1n) is 7.85. The molecule has 2 aromatic carbocycles. The summed E-state index contributed by atoms with van der Waals surface area (Å²) in [5, 5.41) is 3.20. The largest absolute Gasteiger partial charge is 0.416 e. The molecule has 3 aromatic rings. The van der Waals surface area contributed by atoms with E-state index in [-0.39, 0.29) is 5.69 Å². The molecular weight excluding hydrogens is 348 g/mol. The van der Waals surface area contributed by atoms with Gasteiger partial charge in [-0.15, -0.1) is 0 Å². The number of halogens is 4. The molecule has 0 unspecified atom stereocenters. The molecule has 0 radical (unpaired) electrons. The molecule has 3 nitrogen and oxygen atoms in total. The third kappa shape index (κ3) is 3.29. The minimum absolute atomic E-state index is 0.252.